The number of ether oxygens (including phenoxy) is 2. The van der Waals surface area contributed by atoms with Gasteiger partial charge in [0.05, 0.1) is 17.4 Å². The van der Waals surface area contributed by atoms with E-state index in [0.717, 1.165) is 6.42 Å². The highest BCUT2D eigenvalue weighted by atomic mass is 35.5. The van der Waals surface area contributed by atoms with Gasteiger partial charge in [-0.05, 0) is 31.9 Å². The van der Waals surface area contributed by atoms with Gasteiger partial charge < -0.3 is 24.8 Å². The number of carboxylic acids is 1. The molecule has 1 saturated heterocycles. The van der Waals surface area contributed by atoms with Crippen LogP contribution >= 0.6 is 11.6 Å². The Morgan fingerprint density at radius 1 is 1.35 bits per heavy atom. The molecule has 170 valence electrons. The maximum absolute atomic E-state index is 13.3. The third kappa shape index (κ3) is 3.67. The summed E-state index contributed by atoms with van der Waals surface area (Å²) in [6, 6.07) is 0. The van der Waals surface area contributed by atoms with Crippen molar-refractivity contribution in [3.05, 3.63) is 46.4 Å². The molecule has 3 rings (SSSR count). The topological polar surface area (TPSA) is 113 Å². The number of fused-ring (bicyclic) bond motifs is 3. The van der Waals surface area contributed by atoms with Crippen molar-refractivity contribution in [3.63, 3.8) is 0 Å². The molecule has 7 atom stereocenters. The largest absolute Gasteiger partial charge is 0.481 e. The maximum atomic E-state index is 13.3. The van der Waals surface area contributed by atoms with Gasteiger partial charge in [0.2, 0.25) is 5.78 Å². The Balaban J connectivity index is 2.12. The summed E-state index contributed by atoms with van der Waals surface area (Å²) in [6.07, 6.45) is 6.59. The van der Waals surface area contributed by atoms with Crippen molar-refractivity contribution in [1.29, 1.82) is 0 Å². The van der Waals surface area contributed by atoms with E-state index in [2.05, 4.69) is 13.8 Å². The number of Topliss-reactive ketones (excluding diaryl/α,β-unsaturated/α-hetero) is 1. The predicted octanol–water partition coefficient (Wildman–Crippen LogP) is 3.27. The lowest BCUT2D eigenvalue weighted by atomic mass is 9.66. The fourth-order valence-electron chi connectivity index (χ4n) is 4.44. The molecule has 0 aromatic heterocycles. The van der Waals surface area contributed by atoms with Gasteiger partial charge in [-0.2, -0.15) is 0 Å². The molecule has 0 aromatic rings. The number of carbonyl (C=O) groups is 2. The lowest BCUT2D eigenvalue weighted by molar-refractivity contribution is -0.268. The average Bonchev–Trinajstić information content (AvgIpc) is 2.98. The number of hydrogen-bond acceptors (Lipinski definition) is 6. The molecule has 0 aromatic carbocycles. The summed E-state index contributed by atoms with van der Waals surface area (Å²) in [7, 11) is 0. The summed E-state index contributed by atoms with van der Waals surface area (Å²) in [5.41, 5.74) is -1.00. The Bertz CT molecular complexity index is 915. The molecule has 1 aliphatic carbocycles. The Hall–Kier alpha value is -1.93. The molecule has 1 fully saturated rings. The lowest BCUT2D eigenvalue weighted by Gasteiger charge is -2.37. The molecular formula is C23H29ClO7. The van der Waals surface area contributed by atoms with Gasteiger partial charge in [0.15, 0.2) is 5.79 Å². The smallest absolute Gasteiger partial charge is 0.312 e. The molecule has 2 aliphatic heterocycles. The van der Waals surface area contributed by atoms with Crippen molar-refractivity contribution in [1.82, 2.24) is 0 Å². The fraction of sp³-hybridized carbons (Fsp3) is 0.565. The molecule has 3 aliphatic rings. The van der Waals surface area contributed by atoms with Crippen molar-refractivity contribution in [2.45, 2.75) is 58.5 Å². The van der Waals surface area contributed by atoms with E-state index in [9.17, 15) is 24.9 Å². The number of carbonyl (C=O) groups excluding carboxylic acids is 1. The molecule has 8 heteroatoms. The van der Waals surface area contributed by atoms with Crippen molar-refractivity contribution < 1.29 is 34.4 Å². The van der Waals surface area contributed by atoms with Crippen LogP contribution in [0, 0.1) is 23.7 Å². The SMILES string of the molecule is CC[C@H](C)/C=C/C1=CC2=C(Cl)C(=O)[C@@]3(C)OC(O)(C(C)C(C)O)[C@@H](C(=O)O)[C@H]3C2=CO1. The van der Waals surface area contributed by atoms with Crippen molar-refractivity contribution in [2.75, 3.05) is 0 Å². The summed E-state index contributed by atoms with van der Waals surface area (Å²) < 4.78 is 11.5. The molecule has 31 heavy (non-hydrogen) atoms. The summed E-state index contributed by atoms with van der Waals surface area (Å²) in [6.45, 7) is 8.44. The number of aliphatic hydroxyl groups is 2. The number of rotatable bonds is 6. The highest BCUT2D eigenvalue weighted by molar-refractivity contribution is 6.45. The van der Waals surface area contributed by atoms with Crippen LogP contribution in [0.5, 0.6) is 0 Å². The second-order valence-corrected chi connectivity index (χ2v) is 9.20. The Morgan fingerprint density at radius 3 is 2.55 bits per heavy atom. The monoisotopic (exact) mass is 452 g/mol. The molecule has 0 radical (unpaired) electrons. The summed E-state index contributed by atoms with van der Waals surface area (Å²) in [5, 5.41) is 31.3. The number of ketones is 1. The standard InChI is InChI=1S/C23H29ClO7/c1-6-11(2)7-8-14-9-15-16(10-30-14)17-18(21(27)28)23(29,12(3)13(4)25)31-22(17,5)20(26)19(15)24/h7-13,17-18,25,29H,6H2,1-5H3,(H,27,28)/b8-7+/t11-,12?,13?,17+,18+,22-,23?/m0/s1. The minimum absolute atomic E-state index is 0.110. The number of hydrogen-bond donors (Lipinski definition) is 3. The van der Waals surface area contributed by atoms with Crippen LogP contribution < -0.4 is 0 Å². The quantitative estimate of drug-likeness (QED) is 0.566. The second kappa shape index (κ2) is 8.20. The maximum Gasteiger partial charge on any atom is 0.312 e. The van der Waals surface area contributed by atoms with Crippen LogP contribution in [0.4, 0.5) is 0 Å². The molecular weight excluding hydrogens is 424 g/mol. The van der Waals surface area contributed by atoms with E-state index < -0.39 is 47.0 Å². The third-order valence-electron chi connectivity index (χ3n) is 6.76. The van der Waals surface area contributed by atoms with Gasteiger partial charge >= 0.3 is 5.97 Å². The van der Waals surface area contributed by atoms with Gasteiger partial charge in [-0.1, -0.05) is 44.9 Å². The summed E-state index contributed by atoms with van der Waals surface area (Å²) in [4.78, 5) is 25.6. The highest BCUT2D eigenvalue weighted by Crippen LogP contribution is 2.58. The average molecular weight is 453 g/mol. The van der Waals surface area contributed by atoms with E-state index in [0.29, 0.717) is 22.8 Å². The first kappa shape index (κ1) is 23.7. The van der Waals surface area contributed by atoms with Gasteiger partial charge in [0.25, 0.3) is 0 Å². The van der Waals surface area contributed by atoms with Crippen LogP contribution in [-0.2, 0) is 19.1 Å². The van der Waals surface area contributed by atoms with Gasteiger partial charge in [0.1, 0.15) is 17.3 Å². The van der Waals surface area contributed by atoms with E-state index in [4.69, 9.17) is 21.1 Å². The first-order chi connectivity index (χ1) is 14.4. The molecule has 3 N–H and O–H groups in total. The van der Waals surface area contributed by atoms with Crippen molar-refractivity contribution in [3.8, 4) is 0 Å². The number of aliphatic carboxylic acids is 1. The summed E-state index contributed by atoms with van der Waals surface area (Å²) >= 11 is 6.42. The number of allylic oxidation sites excluding steroid dienone is 4. The molecule has 2 heterocycles. The molecule has 7 nitrogen and oxygen atoms in total. The van der Waals surface area contributed by atoms with Crippen LogP contribution in [0.3, 0.4) is 0 Å². The number of aliphatic hydroxyl groups excluding tert-OH is 1. The Kier molecular flexibility index (Phi) is 6.28. The van der Waals surface area contributed by atoms with Gasteiger partial charge in [0, 0.05) is 23.0 Å². The van der Waals surface area contributed by atoms with E-state index in [1.807, 2.05) is 6.08 Å². The second-order valence-electron chi connectivity index (χ2n) is 8.82. The zero-order valence-electron chi connectivity index (χ0n) is 18.3. The minimum atomic E-state index is -2.29. The molecule has 0 bridgehead atoms. The van der Waals surface area contributed by atoms with Crippen LogP contribution in [0.2, 0.25) is 0 Å². The number of carboxylic acid groups (broad SMARTS) is 1. The molecule has 0 spiro atoms. The van der Waals surface area contributed by atoms with Crippen LogP contribution in [0.15, 0.2) is 46.4 Å². The van der Waals surface area contributed by atoms with Crippen LogP contribution in [-0.4, -0.2) is 44.6 Å². The van der Waals surface area contributed by atoms with Crippen LogP contribution in [0.25, 0.3) is 0 Å². The Labute approximate surface area is 186 Å². The third-order valence-corrected chi connectivity index (χ3v) is 7.14. The normalized spacial score (nSPS) is 35.7. The Morgan fingerprint density at radius 2 is 2.00 bits per heavy atom. The zero-order chi connectivity index (χ0) is 23.3. The molecule has 3 unspecified atom stereocenters. The molecule has 0 amide bonds. The van der Waals surface area contributed by atoms with Crippen LogP contribution in [0.1, 0.15) is 41.0 Å². The van der Waals surface area contributed by atoms with E-state index in [1.165, 1.54) is 27.0 Å². The first-order valence-electron chi connectivity index (χ1n) is 10.4. The minimum Gasteiger partial charge on any atom is -0.481 e. The summed E-state index contributed by atoms with van der Waals surface area (Å²) in [5.74, 6) is -7.03. The zero-order valence-corrected chi connectivity index (χ0v) is 19.0. The number of halogens is 1. The van der Waals surface area contributed by atoms with Gasteiger partial charge in [-0.25, -0.2) is 0 Å². The highest BCUT2D eigenvalue weighted by Gasteiger charge is 2.70. The van der Waals surface area contributed by atoms with E-state index in [-0.39, 0.29) is 5.03 Å². The van der Waals surface area contributed by atoms with E-state index in [1.54, 1.807) is 12.2 Å². The molecule has 0 saturated carbocycles. The van der Waals surface area contributed by atoms with Gasteiger partial charge in [-0.15, -0.1) is 0 Å². The van der Waals surface area contributed by atoms with E-state index >= 15 is 0 Å². The van der Waals surface area contributed by atoms with Crippen molar-refractivity contribution >= 4 is 23.4 Å². The fourth-order valence-corrected chi connectivity index (χ4v) is 4.79. The van der Waals surface area contributed by atoms with Gasteiger partial charge in [-0.3, -0.25) is 9.59 Å². The lowest BCUT2D eigenvalue weighted by Crippen LogP contribution is -2.50. The first-order valence-corrected chi connectivity index (χ1v) is 10.8. The van der Waals surface area contributed by atoms with Crippen molar-refractivity contribution in [2.24, 2.45) is 23.7 Å². The predicted molar refractivity (Wildman–Crippen MR) is 114 cm³/mol.